The fourth-order valence-electron chi connectivity index (χ4n) is 2.37. The summed E-state index contributed by atoms with van der Waals surface area (Å²) < 4.78 is 0. The van der Waals surface area contributed by atoms with Crippen molar-refractivity contribution in [3.05, 3.63) is 30.1 Å². The minimum absolute atomic E-state index is 0.444. The van der Waals surface area contributed by atoms with Gasteiger partial charge in [-0.3, -0.25) is 16.3 Å². The van der Waals surface area contributed by atoms with Crippen LogP contribution in [-0.2, 0) is 6.42 Å². The van der Waals surface area contributed by atoms with Gasteiger partial charge in [0.05, 0.1) is 0 Å². The highest BCUT2D eigenvalue weighted by Gasteiger charge is 2.06. The lowest BCUT2D eigenvalue weighted by Crippen LogP contribution is -2.35. The van der Waals surface area contributed by atoms with Gasteiger partial charge in [0.15, 0.2) is 0 Å². The molecule has 0 saturated carbocycles. The van der Waals surface area contributed by atoms with Crippen molar-refractivity contribution in [2.75, 3.05) is 0 Å². The summed E-state index contributed by atoms with van der Waals surface area (Å²) in [5.74, 6) is 5.64. The molecule has 0 aliphatic rings. The molecule has 1 heterocycles. The van der Waals surface area contributed by atoms with Gasteiger partial charge < -0.3 is 0 Å². The van der Waals surface area contributed by atoms with Gasteiger partial charge in [0, 0.05) is 18.4 Å². The number of rotatable bonds is 11. The lowest BCUT2D eigenvalue weighted by atomic mass is 10.0. The maximum absolute atomic E-state index is 5.64. The summed E-state index contributed by atoms with van der Waals surface area (Å²) in [7, 11) is 0. The molecule has 1 aromatic heterocycles. The lowest BCUT2D eigenvalue weighted by molar-refractivity contribution is 0.438. The van der Waals surface area contributed by atoms with Gasteiger partial charge in [-0.15, -0.1) is 0 Å². The molecule has 108 valence electrons. The third kappa shape index (κ3) is 7.96. The first-order valence-corrected chi connectivity index (χ1v) is 7.71. The largest absolute Gasteiger partial charge is 0.271 e. The van der Waals surface area contributed by atoms with Gasteiger partial charge >= 0.3 is 0 Å². The molecule has 0 radical (unpaired) electrons. The Morgan fingerprint density at radius 2 is 1.74 bits per heavy atom. The van der Waals surface area contributed by atoms with Crippen LogP contribution in [0.1, 0.15) is 63.9 Å². The van der Waals surface area contributed by atoms with Gasteiger partial charge in [-0.25, -0.2) is 0 Å². The highest BCUT2D eigenvalue weighted by atomic mass is 15.2. The maximum atomic E-state index is 5.64. The van der Waals surface area contributed by atoms with Crippen LogP contribution in [0.15, 0.2) is 24.5 Å². The third-order valence-electron chi connectivity index (χ3n) is 3.67. The molecule has 1 atom stereocenters. The number of pyridine rings is 1. The number of hydrogen-bond donors (Lipinski definition) is 2. The van der Waals surface area contributed by atoms with Gasteiger partial charge in [-0.2, -0.15) is 0 Å². The number of nitrogens with two attached hydrogens (primary N) is 1. The molecule has 1 aromatic rings. The molecule has 1 rings (SSSR count). The number of aromatic nitrogens is 1. The highest BCUT2D eigenvalue weighted by Crippen LogP contribution is 2.12. The summed E-state index contributed by atoms with van der Waals surface area (Å²) in [5, 5.41) is 0. The van der Waals surface area contributed by atoms with E-state index in [9.17, 15) is 0 Å². The van der Waals surface area contributed by atoms with E-state index in [0.717, 1.165) is 12.8 Å². The molecule has 0 saturated heterocycles. The molecule has 0 bridgehead atoms. The van der Waals surface area contributed by atoms with Crippen molar-refractivity contribution >= 4 is 0 Å². The van der Waals surface area contributed by atoms with Crippen molar-refractivity contribution in [3.63, 3.8) is 0 Å². The Balaban J connectivity index is 2.09. The van der Waals surface area contributed by atoms with Crippen molar-refractivity contribution < 1.29 is 0 Å². The zero-order valence-corrected chi connectivity index (χ0v) is 12.3. The molecule has 0 amide bonds. The van der Waals surface area contributed by atoms with Gasteiger partial charge in [-0.05, 0) is 37.0 Å². The fraction of sp³-hybridized carbons (Fsp3) is 0.688. The summed E-state index contributed by atoms with van der Waals surface area (Å²) >= 11 is 0. The summed E-state index contributed by atoms with van der Waals surface area (Å²) in [6, 6.07) is 4.61. The first-order chi connectivity index (χ1) is 9.36. The topological polar surface area (TPSA) is 50.9 Å². The average molecular weight is 263 g/mol. The smallest absolute Gasteiger partial charge is 0.0270 e. The molecule has 0 spiro atoms. The molecule has 0 aromatic carbocycles. The fourth-order valence-corrected chi connectivity index (χ4v) is 2.37. The summed E-state index contributed by atoms with van der Waals surface area (Å²) in [6.07, 6.45) is 15.2. The van der Waals surface area contributed by atoms with Crippen LogP contribution in [0.4, 0.5) is 0 Å². The Morgan fingerprint density at radius 1 is 1.05 bits per heavy atom. The van der Waals surface area contributed by atoms with Crippen molar-refractivity contribution in [1.82, 2.24) is 10.4 Å². The molecule has 1 unspecified atom stereocenters. The zero-order chi connectivity index (χ0) is 13.8. The van der Waals surface area contributed by atoms with Crippen LogP contribution in [-0.4, -0.2) is 11.0 Å². The minimum Gasteiger partial charge on any atom is -0.271 e. The van der Waals surface area contributed by atoms with Crippen molar-refractivity contribution in [3.8, 4) is 0 Å². The summed E-state index contributed by atoms with van der Waals surface area (Å²) in [5.41, 5.74) is 4.30. The second-order valence-corrected chi connectivity index (χ2v) is 5.31. The third-order valence-corrected chi connectivity index (χ3v) is 3.67. The molecular weight excluding hydrogens is 234 g/mol. The van der Waals surface area contributed by atoms with Crippen LogP contribution < -0.4 is 11.3 Å². The van der Waals surface area contributed by atoms with E-state index in [2.05, 4.69) is 29.5 Å². The molecular formula is C16H29N3. The van der Waals surface area contributed by atoms with Crippen LogP contribution in [0.2, 0.25) is 0 Å². The second-order valence-electron chi connectivity index (χ2n) is 5.31. The van der Waals surface area contributed by atoms with Gasteiger partial charge in [0.25, 0.3) is 0 Å². The van der Waals surface area contributed by atoms with Crippen LogP contribution in [0.3, 0.4) is 0 Å². The predicted molar refractivity (Wildman–Crippen MR) is 81.7 cm³/mol. The second kappa shape index (κ2) is 10.9. The highest BCUT2D eigenvalue weighted by molar-refractivity contribution is 5.09. The molecule has 3 heteroatoms. The van der Waals surface area contributed by atoms with Gasteiger partial charge in [0.1, 0.15) is 0 Å². The Kier molecular flexibility index (Phi) is 9.29. The van der Waals surface area contributed by atoms with E-state index in [4.69, 9.17) is 5.84 Å². The van der Waals surface area contributed by atoms with E-state index in [-0.39, 0.29) is 0 Å². The standard InChI is InChI=1S/C16H29N3/c1-2-3-4-5-6-7-8-16(19-17)10-9-15-11-13-18-14-12-15/h11-14,16,19H,2-10,17H2,1H3. The number of hydrazine groups is 1. The molecule has 0 aliphatic carbocycles. The SMILES string of the molecule is CCCCCCCCC(CCc1ccncc1)NN. The number of nitrogens with zero attached hydrogens (tertiary/aromatic N) is 1. The number of nitrogens with one attached hydrogen (secondary N) is 1. The van der Waals surface area contributed by atoms with E-state index in [1.165, 1.54) is 50.5 Å². The molecule has 0 fully saturated rings. The lowest BCUT2D eigenvalue weighted by Gasteiger charge is -2.15. The maximum Gasteiger partial charge on any atom is 0.0270 e. The molecule has 3 nitrogen and oxygen atoms in total. The quantitative estimate of drug-likeness (QED) is 0.364. The normalized spacial score (nSPS) is 12.5. The monoisotopic (exact) mass is 263 g/mol. The average Bonchev–Trinajstić information content (AvgIpc) is 2.47. The molecule has 0 aliphatic heterocycles. The van der Waals surface area contributed by atoms with Crippen LogP contribution in [0, 0.1) is 0 Å². The van der Waals surface area contributed by atoms with E-state index < -0.39 is 0 Å². The first kappa shape index (κ1) is 16.1. The first-order valence-electron chi connectivity index (χ1n) is 7.71. The Morgan fingerprint density at radius 3 is 2.42 bits per heavy atom. The van der Waals surface area contributed by atoms with Gasteiger partial charge in [-0.1, -0.05) is 45.4 Å². The Labute approximate surface area is 118 Å². The Bertz CT molecular complexity index is 300. The van der Waals surface area contributed by atoms with E-state index >= 15 is 0 Å². The van der Waals surface area contributed by atoms with Crippen LogP contribution >= 0.6 is 0 Å². The molecule has 19 heavy (non-hydrogen) atoms. The minimum atomic E-state index is 0.444. The van der Waals surface area contributed by atoms with Crippen molar-refractivity contribution in [2.24, 2.45) is 5.84 Å². The number of unbranched alkanes of at least 4 members (excludes halogenated alkanes) is 5. The number of hydrogen-bond acceptors (Lipinski definition) is 3. The molecule has 3 N–H and O–H groups in total. The Hall–Kier alpha value is -0.930. The predicted octanol–water partition coefficient (Wildman–Crippen LogP) is 3.60. The van der Waals surface area contributed by atoms with E-state index in [1.54, 1.807) is 0 Å². The van der Waals surface area contributed by atoms with E-state index in [0.29, 0.717) is 6.04 Å². The summed E-state index contributed by atoms with van der Waals surface area (Å²) in [4.78, 5) is 4.04. The van der Waals surface area contributed by atoms with Crippen LogP contribution in [0.25, 0.3) is 0 Å². The van der Waals surface area contributed by atoms with Gasteiger partial charge in [0.2, 0.25) is 0 Å². The van der Waals surface area contributed by atoms with Crippen LogP contribution in [0.5, 0.6) is 0 Å². The van der Waals surface area contributed by atoms with Crippen molar-refractivity contribution in [2.45, 2.75) is 70.8 Å². The summed E-state index contributed by atoms with van der Waals surface area (Å²) in [6.45, 7) is 2.26. The number of aryl methyl sites for hydroxylation is 1. The van der Waals surface area contributed by atoms with E-state index in [1.807, 2.05) is 12.4 Å². The zero-order valence-electron chi connectivity index (χ0n) is 12.3. The van der Waals surface area contributed by atoms with Crippen molar-refractivity contribution in [1.29, 1.82) is 0 Å².